The molecule has 1 heterocycles. The van der Waals surface area contributed by atoms with Gasteiger partial charge < -0.3 is 14.7 Å². The molecule has 2 aromatic rings. The van der Waals surface area contributed by atoms with Crippen LogP contribution in [-0.2, 0) is 0 Å². The van der Waals surface area contributed by atoms with E-state index >= 15 is 0 Å². The van der Waals surface area contributed by atoms with E-state index in [1.54, 1.807) is 6.07 Å². The Balaban J connectivity index is 1.44. The van der Waals surface area contributed by atoms with Crippen LogP contribution >= 0.6 is 31.9 Å². The molecule has 1 fully saturated rings. The quantitative estimate of drug-likeness (QED) is 0.670. The van der Waals surface area contributed by atoms with Crippen molar-refractivity contribution in [3.63, 3.8) is 0 Å². The van der Waals surface area contributed by atoms with Gasteiger partial charge in [-0.05, 0) is 46.3 Å². The molecule has 0 aromatic heterocycles. The number of ether oxygens (including phenoxy) is 1. The SMILES string of the molecule is O[C@@H](COc1ccc(Br)cc1Br)CN1CCN(c2ccccc2F)CC1. The molecule has 0 amide bonds. The van der Waals surface area contributed by atoms with E-state index in [1.807, 2.05) is 35.2 Å². The van der Waals surface area contributed by atoms with Crippen LogP contribution < -0.4 is 9.64 Å². The minimum absolute atomic E-state index is 0.186. The van der Waals surface area contributed by atoms with Gasteiger partial charge in [0.25, 0.3) is 0 Å². The van der Waals surface area contributed by atoms with Crippen LogP contribution in [0.25, 0.3) is 0 Å². The second-order valence-corrected chi connectivity index (χ2v) is 8.05. The van der Waals surface area contributed by atoms with Crippen molar-refractivity contribution in [1.29, 1.82) is 0 Å². The summed E-state index contributed by atoms with van der Waals surface area (Å²) in [6, 6.07) is 12.5. The highest BCUT2D eigenvalue weighted by Crippen LogP contribution is 2.28. The molecule has 0 radical (unpaired) electrons. The number of para-hydroxylation sites is 1. The summed E-state index contributed by atoms with van der Waals surface area (Å²) in [5, 5.41) is 10.3. The van der Waals surface area contributed by atoms with Gasteiger partial charge in [-0.1, -0.05) is 28.1 Å². The van der Waals surface area contributed by atoms with Crippen molar-refractivity contribution in [3.05, 3.63) is 57.2 Å². The molecule has 1 aliphatic heterocycles. The summed E-state index contributed by atoms with van der Waals surface area (Å²) in [6.45, 7) is 3.83. The van der Waals surface area contributed by atoms with E-state index < -0.39 is 6.10 Å². The second-order valence-electron chi connectivity index (χ2n) is 6.28. The zero-order valence-corrected chi connectivity index (χ0v) is 17.4. The lowest BCUT2D eigenvalue weighted by molar-refractivity contribution is 0.0660. The number of benzene rings is 2. The predicted molar refractivity (Wildman–Crippen MR) is 108 cm³/mol. The van der Waals surface area contributed by atoms with E-state index in [0.29, 0.717) is 18.0 Å². The van der Waals surface area contributed by atoms with Gasteiger partial charge in [-0.2, -0.15) is 0 Å². The zero-order valence-electron chi connectivity index (χ0n) is 14.2. The van der Waals surface area contributed by atoms with Crippen molar-refractivity contribution >= 4 is 37.5 Å². The van der Waals surface area contributed by atoms with Crippen molar-refractivity contribution in [2.45, 2.75) is 6.10 Å². The highest BCUT2D eigenvalue weighted by atomic mass is 79.9. The zero-order chi connectivity index (χ0) is 18.5. The monoisotopic (exact) mass is 486 g/mol. The maximum Gasteiger partial charge on any atom is 0.146 e. The first-order valence-corrected chi connectivity index (χ1v) is 10.1. The van der Waals surface area contributed by atoms with Crippen molar-refractivity contribution < 1.29 is 14.2 Å². The van der Waals surface area contributed by atoms with Crippen molar-refractivity contribution in [2.75, 3.05) is 44.2 Å². The highest BCUT2D eigenvalue weighted by molar-refractivity contribution is 9.11. The van der Waals surface area contributed by atoms with E-state index in [-0.39, 0.29) is 12.4 Å². The van der Waals surface area contributed by atoms with Gasteiger partial charge in [-0.15, -0.1) is 0 Å². The molecule has 140 valence electrons. The predicted octanol–water partition coefficient (Wildman–Crippen LogP) is 3.91. The minimum atomic E-state index is -0.578. The molecule has 2 aromatic carbocycles. The number of anilines is 1. The first-order valence-electron chi connectivity index (χ1n) is 8.50. The number of nitrogens with zero attached hydrogens (tertiary/aromatic N) is 2. The summed E-state index contributed by atoms with van der Waals surface area (Å²) in [7, 11) is 0. The fourth-order valence-electron chi connectivity index (χ4n) is 3.01. The van der Waals surface area contributed by atoms with Crippen LogP contribution in [0.1, 0.15) is 0 Å². The minimum Gasteiger partial charge on any atom is -0.490 e. The van der Waals surface area contributed by atoms with Crippen LogP contribution in [0, 0.1) is 5.82 Å². The summed E-state index contributed by atoms with van der Waals surface area (Å²) in [4.78, 5) is 4.23. The molecule has 1 aliphatic rings. The van der Waals surface area contributed by atoms with Gasteiger partial charge in [0.2, 0.25) is 0 Å². The molecule has 1 saturated heterocycles. The third-order valence-corrected chi connectivity index (χ3v) is 5.47. The average Bonchev–Trinajstić information content (AvgIpc) is 2.62. The van der Waals surface area contributed by atoms with Gasteiger partial charge in [0, 0.05) is 37.2 Å². The Morgan fingerprint density at radius 3 is 2.50 bits per heavy atom. The van der Waals surface area contributed by atoms with Gasteiger partial charge in [-0.25, -0.2) is 4.39 Å². The Bertz CT molecular complexity index is 739. The normalized spacial score (nSPS) is 16.5. The molecule has 0 spiro atoms. The van der Waals surface area contributed by atoms with Crippen molar-refractivity contribution in [2.24, 2.45) is 0 Å². The standard InChI is InChI=1S/C19H21Br2FN2O2/c20-14-5-6-19(16(21)11-14)26-13-15(25)12-23-7-9-24(10-8-23)18-4-2-1-3-17(18)22/h1-6,11,15,25H,7-10,12-13H2/t15-/m1/s1. The number of hydrogen-bond acceptors (Lipinski definition) is 4. The number of piperazine rings is 1. The summed E-state index contributed by atoms with van der Waals surface area (Å²) < 4.78 is 21.4. The molecule has 0 aliphatic carbocycles. The molecule has 1 N–H and O–H groups in total. The Morgan fingerprint density at radius 1 is 1.08 bits per heavy atom. The number of halogens is 3. The molecule has 1 atom stereocenters. The maximum absolute atomic E-state index is 13.9. The van der Waals surface area contributed by atoms with E-state index in [1.165, 1.54) is 6.07 Å². The Kier molecular flexibility index (Phi) is 6.92. The topological polar surface area (TPSA) is 35.9 Å². The Labute approximate surface area is 169 Å². The number of hydrogen-bond donors (Lipinski definition) is 1. The van der Waals surface area contributed by atoms with Crippen LogP contribution in [0.5, 0.6) is 5.75 Å². The van der Waals surface area contributed by atoms with Crippen molar-refractivity contribution in [1.82, 2.24) is 4.90 Å². The Morgan fingerprint density at radius 2 is 1.81 bits per heavy atom. The molecule has 0 unspecified atom stereocenters. The number of rotatable bonds is 6. The third kappa shape index (κ3) is 5.19. The van der Waals surface area contributed by atoms with Crippen LogP contribution in [-0.4, -0.2) is 55.4 Å². The lowest BCUT2D eigenvalue weighted by Crippen LogP contribution is -2.49. The highest BCUT2D eigenvalue weighted by Gasteiger charge is 2.21. The van der Waals surface area contributed by atoms with Crippen LogP contribution in [0.15, 0.2) is 51.4 Å². The smallest absolute Gasteiger partial charge is 0.146 e. The van der Waals surface area contributed by atoms with Crippen LogP contribution in [0.3, 0.4) is 0 Å². The summed E-state index contributed by atoms with van der Waals surface area (Å²) in [6.07, 6.45) is -0.578. The first-order chi connectivity index (χ1) is 12.5. The summed E-state index contributed by atoms with van der Waals surface area (Å²) >= 11 is 6.85. The van der Waals surface area contributed by atoms with Gasteiger partial charge in [0.05, 0.1) is 10.2 Å². The molecule has 26 heavy (non-hydrogen) atoms. The van der Waals surface area contributed by atoms with Gasteiger partial charge in [0.15, 0.2) is 0 Å². The van der Waals surface area contributed by atoms with Gasteiger partial charge in [-0.3, -0.25) is 4.90 Å². The lowest BCUT2D eigenvalue weighted by Gasteiger charge is -2.36. The first kappa shape index (κ1) is 19.6. The van der Waals surface area contributed by atoms with E-state index in [2.05, 4.69) is 36.8 Å². The average molecular weight is 488 g/mol. The summed E-state index contributed by atoms with van der Waals surface area (Å²) in [5.74, 6) is 0.520. The van der Waals surface area contributed by atoms with E-state index in [0.717, 1.165) is 35.1 Å². The lowest BCUT2D eigenvalue weighted by atomic mass is 10.2. The molecule has 7 heteroatoms. The fraction of sp³-hybridized carbons (Fsp3) is 0.368. The number of β-amino-alcohol motifs (C(OH)–C–C–N with tert-alkyl or cyclic N) is 1. The molecular weight excluding hydrogens is 467 g/mol. The van der Waals surface area contributed by atoms with E-state index in [9.17, 15) is 9.50 Å². The molecule has 0 bridgehead atoms. The largest absolute Gasteiger partial charge is 0.490 e. The number of aliphatic hydroxyl groups excluding tert-OH is 1. The number of aliphatic hydroxyl groups is 1. The van der Waals surface area contributed by atoms with Gasteiger partial charge in [0.1, 0.15) is 24.3 Å². The van der Waals surface area contributed by atoms with E-state index in [4.69, 9.17) is 4.74 Å². The molecular formula is C19H21Br2FN2O2. The van der Waals surface area contributed by atoms with Crippen LogP contribution in [0.2, 0.25) is 0 Å². The second kappa shape index (κ2) is 9.17. The third-order valence-electron chi connectivity index (χ3n) is 4.36. The summed E-state index contributed by atoms with van der Waals surface area (Å²) in [5.41, 5.74) is 0.649. The van der Waals surface area contributed by atoms with Crippen LogP contribution in [0.4, 0.5) is 10.1 Å². The van der Waals surface area contributed by atoms with Gasteiger partial charge >= 0.3 is 0 Å². The fourth-order valence-corrected chi connectivity index (χ4v) is 4.17. The van der Waals surface area contributed by atoms with Crippen molar-refractivity contribution in [3.8, 4) is 5.75 Å². The maximum atomic E-state index is 13.9. The molecule has 3 rings (SSSR count). The molecule has 4 nitrogen and oxygen atoms in total. The molecule has 0 saturated carbocycles. The Hall–Kier alpha value is -1.15.